The minimum atomic E-state index is -3.37. The third-order valence-electron chi connectivity index (χ3n) is 4.52. The zero-order valence-corrected chi connectivity index (χ0v) is 15.1. The molecule has 1 fully saturated rings. The molecule has 0 bridgehead atoms. The largest absolute Gasteiger partial charge is 0.296 e. The van der Waals surface area contributed by atoms with Crippen molar-refractivity contribution in [3.63, 3.8) is 0 Å². The smallest absolute Gasteiger partial charge is 0.243 e. The fourth-order valence-electron chi connectivity index (χ4n) is 2.94. The van der Waals surface area contributed by atoms with Crippen molar-refractivity contribution in [2.75, 3.05) is 26.2 Å². The van der Waals surface area contributed by atoms with Gasteiger partial charge in [-0.25, -0.2) is 8.42 Å². The van der Waals surface area contributed by atoms with Crippen LogP contribution in [0.5, 0.6) is 0 Å². The molecule has 128 valence electrons. The van der Waals surface area contributed by atoms with E-state index in [4.69, 9.17) is 0 Å². The molecular formula is C19H24N2O2S. The normalized spacial score (nSPS) is 17.1. The molecule has 4 nitrogen and oxygen atoms in total. The van der Waals surface area contributed by atoms with Crippen molar-refractivity contribution in [3.8, 4) is 0 Å². The van der Waals surface area contributed by atoms with Gasteiger partial charge < -0.3 is 0 Å². The van der Waals surface area contributed by atoms with Crippen LogP contribution in [0.15, 0.2) is 53.4 Å². The molecule has 3 rings (SSSR count). The van der Waals surface area contributed by atoms with Gasteiger partial charge in [-0.05, 0) is 31.5 Å². The van der Waals surface area contributed by atoms with E-state index in [9.17, 15) is 8.42 Å². The number of sulfonamides is 1. The summed E-state index contributed by atoms with van der Waals surface area (Å²) >= 11 is 0. The minimum Gasteiger partial charge on any atom is -0.296 e. The SMILES string of the molecule is Cc1ccc(CN2CCN(S(=O)(=O)c3ccc(C)cc3)CC2)cc1. The fraction of sp³-hybridized carbons (Fsp3) is 0.368. The number of nitrogens with zero attached hydrogens (tertiary/aromatic N) is 2. The Labute approximate surface area is 144 Å². The summed E-state index contributed by atoms with van der Waals surface area (Å²) in [6.07, 6.45) is 0. The Morgan fingerprint density at radius 1 is 0.792 bits per heavy atom. The minimum absolute atomic E-state index is 0.389. The third kappa shape index (κ3) is 3.86. The third-order valence-corrected chi connectivity index (χ3v) is 6.43. The second-order valence-electron chi connectivity index (χ2n) is 6.48. The van der Waals surface area contributed by atoms with Gasteiger partial charge in [-0.2, -0.15) is 4.31 Å². The molecule has 5 heteroatoms. The van der Waals surface area contributed by atoms with Gasteiger partial charge in [-0.3, -0.25) is 4.90 Å². The van der Waals surface area contributed by atoms with E-state index in [1.807, 2.05) is 19.1 Å². The average Bonchev–Trinajstić information content (AvgIpc) is 2.58. The summed E-state index contributed by atoms with van der Waals surface area (Å²) in [6.45, 7) is 7.53. The Kier molecular flexibility index (Phi) is 5.04. The van der Waals surface area contributed by atoms with Crippen molar-refractivity contribution < 1.29 is 8.42 Å². The maximum Gasteiger partial charge on any atom is 0.243 e. The maximum atomic E-state index is 12.7. The van der Waals surface area contributed by atoms with Crippen molar-refractivity contribution in [1.82, 2.24) is 9.21 Å². The van der Waals surface area contributed by atoms with Crippen LogP contribution in [0.4, 0.5) is 0 Å². The van der Waals surface area contributed by atoms with Crippen LogP contribution >= 0.6 is 0 Å². The summed E-state index contributed by atoms with van der Waals surface area (Å²) in [5.74, 6) is 0. The van der Waals surface area contributed by atoms with Crippen LogP contribution < -0.4 is 0 Å². The highest BCUT2D eigenvalue weighted by atomic mass is 32.2. The quantitative estimate of drug-likeness (QED) is 0.856. The van der Waals surface area contributed by atoms with Crippen molar-refractivity contribution in [2.24, 2.45) is 0 Å². The lowest BCUT2D eigenvalue weighted by atomic mass is 10.1. The van der Waals surface area contributed by atoms with Gasteiger partial charge in [0.25, 0.3) is 0 Å². The first-order valence-electron chi connectivity index (χ1n) is 8.30. The molecule has 0 radical (unpaired) electrons. The van der Waals surface area contributed by atoms with Crippen molar-refractivity contribution in [1.29, 1.82) is 0 Å². The number of benzene rings is 2. The van der Waals surface area contributed by atoms with Gasteiger partial charge in [0.2, 0.25) is 10.0 Å². The van der Waals surface area contributed by atoms with Crippen molar-refractivity contribution in [2.45, 2.75) is 25.3 Å². The summed E-state index contributed by atoms with van der Waals surface area (Å²) in [5, 5.41) is 0. The monoisotopic (exact) mass is 344 g/mol. The van der Waals surface area contributed by atoms with Crippen LogP contribution in [0.25, 0.3) is 0 Å². The Balaban J connectivity index is 1.62. The predicted octanol–water partition coefficient (Wildman–Crippen LogP) is 2.81. The van der Waals surface area contributed by atoms with Gasteiger partial charge in [0.15, 0.2) is 0 Å². The number of piperazine rings is 1. The van der Waals surface area contributed by atoms with E-state index < -0.39 is 10.0 Å². The van der Waals surface area contributed by atoms with Gasteiger partial charge >= 0.3 is 0 Å². The number of aryl methyl sites for hydroxylation is 2. The lowest BCUT2D eigenvalue weighted by molar-refractivity contribution is 0.181. The summed E-state index contributed by atoms with van der Waals surface area (Å²) in [5.41, 5.74) is 3.60. The highest BCUT2D eigenvalue weighted by Crippen LogP contribution is 2.19. The molecule has 0 unspecified atom stereocenters. The predicted molar refractivity (Wildman–Crippen MR) is 96.4 cm³/mol. The van der Waals surface area contributed by atoms with Crippen molar-refractivity contribution >= 4 is 10.0 Å². The number of rotatable bonds is 4. The Hall–Kier alpha value is -1.69. The van der Waals surface area contributed by atoms with Gasteiger partial charge in [-0.15, -0.1) is 0 Å². The van der Waals surface area contributed by atoms with Gasteiger partial charge in [0, 0.05) is 32.7 Å². The molecule has 0 aliphatic carbocycles. The molecule has 0 aromatic heterocycles. The van der Waals surface area contributed by atoms with Crippen LogP contribution in [0.2, 0.25) is 0 Å². The molecule has 24 heavy (non-hydrogen) atoms. The second kappa shape index (κ2) is 7.05. The Morgan fingerprint density at radius 3 is 1.83 bits per heavy atom. The van der Waals surface area contributed by atoms with E-state index in [0.717, 1.165) is 25.2 Å². The number of hydrogen-bond acceptors (Lipinski definition) is 3. The topological polar surface area (TPSA) is 40.6 Å². The molecule has 0 saturated carbocycles. The van der Waals surface area contributed by atoms with Gasteiger partial charge in [0.1, 0.15) is 0 Å². The summed E-state index contributed by atoms with van der Waals surface area (Å²) in [6, 6.07) is 15.6. The molecule has 2 aromatic rings. The Bertz CT molecular complexity index is 775. The molecule has 0 N–H and O–H groups in total. The highest BCUT2D eigenvalue weighted by molar-refractivity contribution is 7.89. The van der Waals surface area contributed by atoms with E-state index in [0.29, 0.717) is 18.0 Å². The van der Waals surface area contributed by atoms with E-state index in [2.05, 4.69) is 36.1 Å². The van der Waals surface area contributed by atoms with Crippen LogP contribution in [0.3, 0.4) is 0 Å². The van der Waals surface area contributed by atoms with Crippen LogP contribution in [-0.2, 0) is 16.6 Å². The van der Waals surface area contributed by atoms with Gasteiger partial charge in [0.05, 0.1) is 4.90 Å². The maximum absolute atomic E-state index is 12.7. The zero-order valence-electron chi connectivity index (χ0n) is 14.3. The molecule has 1 saturated heterocycles. The van der Waals surface area contributed by atoms with E-state index in [1.54, 1.807) is 16.4 Å². The highest BCUT2D eigenvalue weighted by Gasteiger charge is 2.28. The molecule has 1 heterocycles. The first-order valence-corrected chi connectivity index (χ1v) is 9.74. The van der Waals surface area contributed by atoms with Crippen molar-refractivity contribution in [3.05, 3.63) is 65.2 Å². The molecule has 2 aromatic carbocycles. The van der Waals surface area contributed by atoms with E-state index >= 15 is 0 Å². The molecule has 1 aliphatic heterocycles. The zero-order chi connectivity index (χ0) is 17.2. The Morgan fingerprint density at radius 2 is 1.29 bits per heavy atom. The summed E-state index contributed by atoms with van der Waals surface area (Å²) in [4.78, 5) is 2.70. The lowest BCUT2D eigenvalue weighted by Crippen LogP contribution is -2.48. The van der Waals surface area contributed by atoms with E-state index in [-0.39, 0.29) is 0 Å². The lowest BCUT2D eigenvalue weighted by Gasteiger charge is -2.34. The number of hydrogen-bond donors (Lipinski definition) is 0. The van der Waals surface area contributed by atoms with Crippen LogP contribution in [-0.4, -0.2) is 43.8 Å². The first-order chi connectivity index (χ1) is 11.4. The standard InChI is InChI=1S/C19H24N2O2S/c1-16-3-7-18(8-4-16)15-20-11-13-21(14-12-20)24(22,23)19-9-5-17(2)6-10-19/h3-10H,11-15H2,1-2H3. The van der Waals surface area contributed by atoms with Crippen LogP contribution in [0.1, 0.15) is 16.7 Å². The fourth-order valence-corrected chi connectivity index (χ4v) is 4.36. The molecule has 0 spiro atoms. The summed E-state index contributed by atoms with van der Waals surface area (Å²) < 4.78 is 27.0. The molecular weight excluding hydrogens is 320 g/mol. The molecule has 1 aliphatic rings. The van der Waals surface area contributed by atoms with E-state index in [1.165, 1.54) is 11.1 Å². The second-order valence-corrected chi connectivity index (χ2v) is 8.42. The average molecular weight is 344 g/mol. The molecule has 0 atom stereocenters. The van der Waals surface area contributed by atoms with Gasteiger partial charge in [-0.1, -0.05) is 47.5 Å². The van der Waals surface area contributed by atoms with Crippen LogP contribution in [0, 0.1) is 13.8 Å². The summed E-state index contributed by atoms with van der Waals surface area (Å²) in [7, 11) is -3.37. The first kappa shape index (κ1) is 17.1. The molecule has 0 amide bonds.